The molecule has 0 atom stereocenters. The lowest BCUT2D eigenvalue weighted by Crippen LogP contribution is -1.93. The Morgan fingerprint density at radius 1 is 1.24 bits per heavy atom. The molecule has 17 heavy (non-hydrogen) atoms. The Labute approximate surface area is 106 Å². The van der Waals surface area contributed by atoms with E-state index in [0.717, 1.165) is 10.7 Å². The van der Waals surface area contributed by atoms with Gasteiger partial charge in [-0.15, -0.1) is 11.8 Å². The Bertz CT molecular complexity index is 497. The van der Waals surface area contributed by atoms with Gasteiger partial charge in [0.15, 0.2) is 0 Å². The molecule has 0 unspecified atom stereocenters. The molecule has 3 nitrogen and oxygen atoms in total. The van der Waals surface area contributed by atoms with Crippen molar-refractivity contribution in [3.8, 4) is 11.8 Å². The number of hydrogen-bond acceptors (Lipinski definition) is 3. The van der Waals surface area contributed by atoms with Crippen LogP contribution in [0.15, 0.2) is 41.6 Å². The average molecular weight is 245 g/mol. The number of benzene rings is 1. The van der Waals surface area contributed by atoms with Gasteiger partial charge in [-0.3, -0.25) is 0 Å². The second kappa shape index (κ2) is 6.77. The van der Waals surface area contributed by atoms with E-state index in [0.29, 0.717) is 5.56 Å². The number of aromatic nitrogens is 2. The lowest BCUT2D eigenvalue weighted by atomic mass is 10.3. The lowest BCUT2D eigenvalue weighted by molar-refractivity contribution is 0.838. The molecule has 2 aromatic rings. The van der Waals surface area contributed by atoms with E-state index >= 15 is 0 Å². The topological polar surface area (TPSA) is 41.6 Å². The molecule has 1 aromatic heterocycles. The van der Waals surface area contributed by atoms with Crippen LogP contribution in [-0.4, -0.2) is 16.0 Å². The van der Waals surface area contributed by atoms with Crippen molar-refractivity contribution in [2.75, 3.05) is 6.26 Å². The standard InChI is InChI=1S/C11H9N3S.C2H6/c1-15-11-9(7-12)8-14(13-11)10-5-3-2-4-6-10;1-2/h2-6,8H,1H3;1-2H3. The Morgan fingerprint density at radius 2 is 1.88 bits per heavy atom. The maximum atomic E-state index is 8.89. The van der Waals surface area contributed by atoms with Gasteiger partial charge in [0, 0.05) is 6.20 Å². The van der Waals surface area contributed by atoms with Crippen LogP contribution in [0.3, 0.4) is 0 Å². The van der Waals surface area contributed by atoms with Crippen molar-refractivity contribution in [2.24, 2.45) is 0 Å². The molecule has 1 aromatic carbocycles. The van der Waals surface area contributed by atoms with E-state index in [1.165, 1.54) is 11.8 Å². The molecule has 1 heterocycles. The first-order valence-electron chi connectivity index (χ1n) is 5.44. The fourth-order valence-corrected chi connectivity index (χ4v) is 1.79. The van der Waals surface area contributed by atoms with Gasteiger partial charge in [-0.1, -0.05) is 32.0 Å². The van der Waals surface area contributed by atoms with Crippen LogP contribution in [0.1, 0.15) is 19.4 Å². The first-order chi connectivity index (χ1) is 8.35. The van der Waals surface area contributed by atoms with Crippen LogP contribution >= 0.6 is 11.8 Å². The third-order valence-corrected chi connectivity index (χ3v) is 2.70. The van der Waals surface area contributed by atoms with Gasteiger partial charge in [0.25, 0.3) is 0 Å². The highest BCUT2D eigenvalue weighted by atomic mass is 32.2. The largest absolute Gasteiger partial charge is 0.238 e. The summed E-state index contributed by atoms with van der Waals surface area (Å²) in [5.74, 6) is 0. The van der Waals surface area contributed by atoms with E-state index in [9.17, 15) is 0 Å². The van der Waals surface area contributed by atoms with Crippen LogP contribution in [0, 0.1) is 11.3 Å². The minimum Gasteiger partial charge on any atom is -0.238 e. The SMILES string of the molecule is CC.CSc1nn(-c2ccccc2)cc1C#N. The molecule has 0 bridgehead atoms. The van der Waals surface area contributed by atoms with Gasteiger partial charge in [-0.05, 0) is 18.4 Å². The fourth-order valence-electron chi connectivity index (χ4n) is 1.30. The second-order valence-electron chi connectivity index (χ2n) is 2.94. The van der Waals surface area contributed by atoms with Crippen molar-refractivity contribution in [2.45, 2.75) is 18.9 Å². The number of thioether (sulfide) groups is 1. The zero-order chi connectivity index (χ0) is 12.7. The predicted octanol–water partition coefficient (Wildman–Crippen LogP) is 3.49. The van der Waals surface area contributed by atoms with Crippen molar-refractivity contribution in [3.63, 3.8) is 0 Å². The quantitative estimate of drug-likeness (QED) is 0.760. The van der Waals surface area contributed by atoms with Crippen LogP contribution in [0.5, 0.6) is 0 Å². The number of rotatable bonds is 2. The van der Waals surface area contributed by atoms with Crippen LogP contribution < -0.4 is 0 Å². The summed E-state index contributed by atoms with van der Waals surface area (Å²) in [5, 5.41) is 14.0. The van der Waals surface area contributed by atoms with Crippen molar-refractivity contribution in [1.29, 1.82) is 5.26 Å². The molecule has 2 rings (SSSR count). The van der Waals surface area contributed by atoms with Crippen molar-refractivity contribution in [1.82, 2.24) is 9.78 Å². The molecule has 0 radical (unpaired) electrons. The van der Waals surface area contributed by atoms with Crippen LogP contribution in [0.4, 0.5) is 0 Å². The predicted molar refractivity (Wildman–Crippen MR) is 71.4 cm³/mol. The smallest absolute Gasteiger partial charge is 0.136 e. The Morgan fingerprint density at radius 3 is 2.35 bits per heavy atom. The zero-order valence-corrected chi connectivity index (χ0v) is 11.0. The normalized spacial score (nSPS) is 9.06. The summed E-state index contributed by atoms with van der Waals surface area (Å²) in [6.07, 6.45) is 3.67. The van der Waals surface area contributed by atoms with Crippen LogP contribution in [0.25, 0.3) is 5.69 Å². The molecular weight excluding hydrogens is 230 g/mol. The van der Waals surface area contributed by atoms with Gasteiger partial charge in [0.1, 0.15) is 16.7 Å². The molecule has 0 aliphatic heterocycles. The van der Waals surface area contributed by atoms with E-state index in [-0.39, 0.29) is 0 Å². The minimum atomic E-state index is 0.617. The lowest BCUT2D eigenvalue weighted by Gasteiger charge is -1.98. The van der Waals surface area contributed by atoms with E-state index in [1.54, 1.807) is 10.9 Å². The van der Waals surface area contributed by atoms with Crippen LogP contribution in [-0.2, 0) is 0 Å². The number of hydrogen-bond donors (Lipinski definition) is 0. The number of nitriles is 1. The Balaban J connectivity index is 0.000000686. The molecule has 88 valence electrons. The first-order valence-corrected chi connectivity index (χ1v) is 6.67. The number of para-hydroxylation sites is 1. The maximum absolute atomic E-state index is 8.89. The van der Waals surface area contributed by atoms with Gasteiger partial charge in [-0.25, -0.2) is 4.68 Å². The Hall–Kier alpha value is -1.73. The van der Waals surface area contributed by atoms with Gasteiger partial charge >= 0.3 is 0 Å². The summed E-state index contributed by atoms with van der Waals surface area (Å²) < 4.78 is 1.73. The molecule has 0 spiro atoms. The summed E-state index contributed by atoms with van der Waals surface area (Å²) in [5.41, 5.74) is 1.58. The molecule has 0 aliphatic carbocycles. The average Bonchev–Trinajstić information content (AvgIpc) is 2.85. The molecule has 0 saturated carbocycles. The van der Waals surface area contributed by atoms with Crippen molar-refractivity contribution in [3.05, 3.63) is 42.1 Å². The molecular formula is C13H15N3S. The fraction of sp³-hybridized carbons (Fsp3) is 0.231. The van der Waals surface area contributed by atoms with Gasteiger partial charge in [0.05, 0.1) is 5.69 Å². The molecule has 0 amide bonds. The molecule has 4 heteroatoms. The summed E-state index contributed by atoms with van der Waals surface area (Å²) in [4.78, 5) is 0. The van der Waals surface area contributed by atoms with E-state index in [2.05, 4.69) is 11.2 Å². The van der Waals surface area contributed by atoms with Gasteiger partial charge in [0.2, 0.25) is 0 Å². The summed E-state index contributed by atoms with van der Waals surface area (Å²) in [6, 6.07) is 11.9. The maximum Gasteiger partial charge on any atom is 0.136 e. The van der Waals surface area contributed by atoms with Gasteiger partial charge < -0.3 is 0 Å². The highest BCUT2D eigenvalue weighted by Crippen LogP contribution is 2.19. The van der Waals surface area contributed by atoms with Crippen molar-refractivity contribution < 1.29 is 0 Å². The minimum absolute atomic E-state index is 0.617. The first kappa shape index (κ1) is 13.3. The third-order valence-electron chi connectivity index (χ3n) is 2.01. The second-order valence-corrected chi connectivity index (χ2v) is 3.74. The third kappa shape index (κ3) is 3.11. The van der Waals surface area contributed by atoms with E-state index < -0.39 is 0 Å². The van der Waals surface area contributed by atoms with E-state index in [4.69, 9.17) is 5.26 Å². The molecule has 0 N–H and O–H groups in total. The van der Waals surface area contributed by atoms with E-state index in [1.807, 2.05) is 50.4 Å². The summed E-state index contributed by atoms with van der Waals surface area (Å²) in [7, 11) is 0. The molecule has 0 fully saturated rings. The van der Waals surface area contributed by atoms with Gasteiger partial charge in [-0.2, -0.15) is 10.4 Å². The number of nitrogens with zero attached hydrogens (tertiary/aromatic N) is 3. The van der Waals surface area contributed by atoms with Crippen LogP contribution in [0.2, 0.25) is 0 Å². The molecule has 0 saturated heterocycles. The molecule has 0 aliphatic rings. The zero-order valence-electron chi connectivity index (χ0n) is 10.2. The summed E-state index contributed by atoms with van der Waals surface area (Å²) in [6.45, 7) is 4.00. The Kier molecular flexibility index (Phi) is 5.31. The monoisotopic (exact) mass is 245 g/mol. The highest BCUT2D eigenvalue weighted by molar-refractivity contribution is 7.98. The summed E-state index contributed by atoms with van der Waals surface area (Å²) >= 11 is 1.48. The highest BCUT2D eigenvalue weighted by Gasteiger charge is 2.07. The van der Waals surface area contributed by atoms with Crippen molar-refractivity contribution >= 4 is 11.8 Å².